The first-order valence-corrected chi connectivity index (χ1v) is 10.1. The van der Waals surface area contributed by atoms with Gasteiger partial charge < -0.3 is 10.6 Å². The Morgan fingerprint density at radius 2 is 1.86 bits per heavy atom. The molecule has 3 N–H and O–H groups in total. The van der Waals surface area contributed by atoms with E-state index < -0.39 is 10.0 Å². The van der Waals surface area contributed by atoms with Crippen molar-refractivity contribution in [3.63, 3.8) is 0 Å². The number of unbranched alkanes of at least 4 members (excludes halogenated alkanes) is 3. The molecule has 0 spiro atoms. The van der Waals surface area contributed by atoms with Crippen LogP contribution in [0.3, 0.4) is 0 Å². The normalized spacial score (nSPS) is 16.4. The fourth-order valence-electron chi connectivity index (χ4n) is 2.30. The van der Waals surface area contributed by atoms with E-state index in [4.69, 9.17) is 0 Å². The minimum Gasteiger partial charge on any atom is -0.356 e. The second kappa shape index (κ2) is 10.8. The molecule has 0 amide bonds. The summed E-state index contributed by atoms with van der Waals surface area (Å²) in [5, 5.41) is 6.26. The second-order valence-electron chi connectivity index (χ2n) is 5.95. The summed E-state index contributed by atoms with van der Waals surface area (Å²) in [6.07, 6.45) is 8.31. The first-order valence-electron chi connectivity index (χ1n) is 8.49. The lowest BCUT2D eigenvalue weighted by atomic mass is 9.86. The van der Waals surface area contributed by atoms with Gasteiger partial charge in [0.2, 0.25) is 10.0 Å². The van der Waals surface area contributed by atoms with Crippen LogP contribution in [0.1, 0.15) is 51.9 Å². The standard InChI is InChI=1S/C15H32N4O2S/c1-3-4-5-6-10-17-15(16-2)18-11-12-22(20,21)19-13-14-8-7-9-14/h14,19H,3-13H2,1-2H3,(H2,16,17,18). The van der Waals surface area contributed by atoms with Crippen molar-refractivity contribution in [3.05, 3.63) is 0 Å². The molecule has 0 radical (unpaired) electrons. The van der Waals surface area contributed by atoms with Crippen molar-refractivity contribution in [2.75, 3.05) is 32.4 Å². The minimum absolute atomic E-state index is 0.0796. The van der Waals surface area contributed by atoms with Gasteiger partial charge in [-0.15, -0.1) is 0 Å². The van der Waals surface area contributed by atoms with Crippen LogP contribution in [0.15, 0.2) is 4.99 Å². The lowest BCUT2D eigenvalue weighted by Gasteiger charge is -2.25. The summed E-state index contributed by atoms with van der Waals surface area (Å²) in [7, 11) is -1.49. The Hall–Kier alpha value is -0.820. The van der Waals surface area contributed by atoms with Crippen molar-refractivity contribution in [2.24, 2.45) is 10.9 Å². The molecule has 1 saturated carbocycles. The Morgan fingerprint density at radius 3 is 2.45 bits per heavy atom. The lowest BCUT2D eigenvalue weighted by molar-refractivity contribution is 0.316. The molecule has 0 aromatic heterocycles. The molecule has 0 unspecified atom stereocenters. The molecule has 0 heterocycles. The maximum absolute atomic E-state index is 11.9. The van der Waals surface area contributed by atoms with Crippen LogP contribution >= 0.6 is 0 Å². The van der Waals surface area contributed by atoms with Crippen LogP contribution in [-0.2, 0) is 10.0 Å². The van der Waals surface area contributed by atoms with Crippen LogP contribution in [-0.4, -0.2) is 46.8 Å². The number of rotatable bonds is 11. The monoisotopic (exact) mass is 332 g/mol. The summed E-state index contributed by atoms with van der Waals surface area (Å²) in [4.78, 5) is 4.10. The highest BCUT2D eigenvalue weighted by Crippen LogP contribution is 2.25. The van der Waals surface area contributed by atoms with Gasteiger partial charge in [-0.25, -0.2) is 13.1 Å². The molecule has 130 valence electrons. The highest BCUT2D eigenvalue weighted by atomic mass is 32.2. The van der Waals surface area contributed by atoms with E-state index in [9.17, 15) is 8.42 Å². The molecule has 0 atom stereocenters. The molecule has 22 heavy (non-hydrogen) atoms. The Labute approximate surface area is 135 Å². The van der Waals surface area contributed by atoms with Crippen molar-refractivity contribution in [1.82, 2.24) is 15.4 Å². The van der Waals surface area contributed by atoms with E-state index in [0.29, 0.717) is 25.0 Å². The number of nitrogens with zero attached hydrogens (tertiary/aromatic N) is 1. The third kappa shape index (κ3) is 8.58. The van der Waals surface area contributed by atoms with Crippen molar-refractivity contribution in [2.45, 2.75) is 51.9 Å². The van der Waals surface area contributed by atoms with E-state index >= 15 is 0 Å². The van der Waals surface area contributed by atoms with Crippen molar-refractivity contribution in [1.29, 1.82) is 0 Å². The van der Waals surface area contributed by atoms with E-state index in [1.165, 1.54) is 25.7 Å². The molecular formula is C15H32N4O2S. The van der Waals surface area contributed by atoms with Crippen LogP contribution in [0, 0.1) is 5.92 Å². The highest BCUT2D eigenvalue weighted by Gasteiger charge is 2.19. The predicted octanol–water partition coefficient (Wildman–Crippen LogP) is 1.45. The van der Waals surface area contributed by atoms with Crippen molar-refractivity contribution < 1.29 is 8.42 Å². The average molecular weight is 333 g/mol. The zero-order valence-electron chi connectivity index (χ0n) is 14.0. The molecule has 1 aliphatic carbocycles. The molecule has 0 aromatic carbocycles. The quantitative estimate of drug-likeness (QED) is 0.304. The smallest absolute Gasteiger partial charge is 0.213 e. The molecule has 0 aliphatic heterocycles. The number of nitrogens with one attached hydrogen (secondary N) is 3. The minimum atomic E-state index is -3.18. The molecule has 0 saturated heterocycles. The second-order valence-corrected chi connectivity index (χ2v) is 7.88. The maximum atomic E-state index is 11.9. The third-order valence-corrected chi connectivity index (χ3v) is 5.37. The maximum Gasteiger partial charge on any atom is 0.213 e. The molecule has 1 aliphatic rings. The Balaban J connectivity index is 2.11. The summed E-state index contributed by atoms with van der Waals surface area (Å²) in [5.74, 6) is 1.29. The van der Waals surface area contributed by atoms with Crippen molar-refractivity contribution in [3.8, 4) is 0 Å². The highest BCUT2D eigenvalue weighted by molar-refractivity contribution is 7.89. The number of hydrogen-bond donors (Lipinski definition) is 3. The molecule has 1 rings (SSSR count). The third-order valence-electron chi connectivity index (χ3n) is 4.03. The summed E-state index contributed by atoms with van der Waals surface area (Å²) in [6.45, 7) is 4.01. The average Bonchev–Trinajstić information content (AvgIpc) is 2.43. The number of sulfonamides is 1. The van der Waals surface area contributed by atoms with Crippen LogP contribution in [0.2, 0.25) is 0 Å². The zero-order chi connectivity index (χ0) is 16.3. The Bertz CT molecular complexity index is 419. The zero-order valence-corrected chi connectivity index (χ0v) is 14.8. The summed E-state index contributed by atoms with van der Waals surface area (Å²) in [6, 6.07) is 0. The predicted molar refractivity (Wildman–Crippen MR) is 92.6 cm³/mol. The molecule has 6 nitrogen and oxygen atoms in total. The molecular weight excluding hydrogens is 300 g/mol. The van der Waals surface area contributed by atoms with Crippen LogP contribution < -0.4 is 15.4 Å². The largest absolute Gasteiger partial charge is 0.356 e. The van der Waals surface area contributed by atoms with Gasteiger partial charge in [0.05, 0.1) is 5.75 Å². The van der Waals surface area contributed by atoms with E-state index in [-0.39, 0.29) is 5.75 Å². The summed E-state index contributed by atoms with van der Waals surface area (Å²) in [5.41, 5.74) is 0. The Kier molecular flexibility index (Phi) is 9.47. The van der Waals surface area contributed by atoms with Gasteiger partial charge in [-0.2, -0.15) is 0 Å². The van der Waals surface area contributed by atoms with Gasteiger partial charge in [-0.3, -0.25) is 4.99 Å². The van der Waals surface area contributed by atoms with Crippen LogP contribution in [0.4, 0.5) is 0 Å². The number of hydrogen-bond acceptors (Lipinski definition) is 3. The fraction of sp³-hybridized carbons (Fsp3) is 0.933. The SMILES string of the molecule is CCCCCCNC(=NC)NCCS(=O)(=O)NCC1CCC1. The first-order chi connectivity index (χ1) is 10.6. The van der Waals surface area contributed by atoms with Crippen molar-refractivity contribution >= 4 is 16.0 Å². The molecule has 7 heteroatoms. The van der Waals surface area contributed by atoms with E-state index in [0.717, 1.165) is 25.8 Å². The summed E-state index contributed by atoms with van der Waals surface area (Å²) < 4.78 is 26.4. The van der Waals surface area contributed by atoms with Gasteiger partial charge in [0.15, 0.2) is 5.96 Å². The van der Waals surface area contributed by atoms with Crippen LogP contribution in [0.25, 0.3) is 0 Å². The first kappa shape index (κ1) is 19.2. The van der Waals surface area contributed by atoms with Crippen LogP contribution in [0.5, 0.6) is 0 Å². The molecule has 0 bridgehead atoms. The van der Waals surface area contributed by atoms with Gasteiger partial charge in [0, 0.05) is 26.7 Å². The van der Waals surface area contributed by atoms with E-state index in [2.05, 4.69) is 27.3 Å². The number of guanidine groups is 1. The lowest BCUT2D eigenvalue weighted by Crippen LogP contribution is -2.42. The van der Waals surface area contributed by atoms with Gasteiger partial charge in [-0.05, 0) is 25.2 Å². The topological polar surface area (TPSA) is 82.6 Å². The number of aliphatic imine (C=N–C) groups is 1. The van der Waals surface area contributed by atoms with Gasteiger partial charge in [-0.1, -0.05) is 32.6 Å². The fourth-order valence-corrected chi connectivity index (χ4v) is 3.30. The van der Waals surface area contributed by atoms with Gasteiger partial charge in [0.25, 0.3) is 0 Å². The van der Waals surface area contributed by atoms with Gasteiger partial charge in [0.1, 0.15) is 0 Å². The van der Waals surface area contributed by atoms with E-state index in [1.807, 2.05) is 0 Å². The van der Waals surface area contributed by atoms with Gasteiger partial charge >= 0.3 is 0 Å². The Morgan fingerprint density at radius 1 is 1.14 bits per heavy atom. The molecule has 1 fully saturated rings. The molecule has 0 aromatic rings. The van der Waals surface area contributed by atoms with E-state index in [1.54, 1.807) is 7.05 Å². The summed E-state index contributed by atoms with van der Waals surface area (Å²) >= 11 is 0.